The number of rotatable bonds is 4. The van der Waals surface area contributed by atoms with Crippen LogP contribution in [0.15, 0.2) is 27.0 Å². The molecule has 0 fully saturated rings. The highest BCUT2D eigenvalue weighted by atomic mass is 79.9. The fraction of sp³-hybridized carbons (Fsp3) is 0.250. The van der Waals surface area contributed by atoms with Crippen LogP contribution < -0.4 is 5.32 Å². The van der Waals surface area contributed by atoms with Crippen LogP contribution in [0.25, 0.3) is 0 Å². The Hall–Kier alpha value is -0.990. The van der Waals surface area contributed by atoms with Gasteiger partial charge < -0.3 is 5.32 Å². The van der Waals surface area contributed by atoms with Crippen molar-refractivity contribution < 1.29 is 9.18 Å². The van der Waals surface area contributed by atoms with Gasteiger partial charge in [0.05, 0.1) is 10.9 Å². The van der Waals surface area contributed by atoms with Crippen molar-refractivity contribution >= 4 is 50.6 Å². The van der Waals surface area contributed by atoms with E-state index >= 15 is 0 Å². The molecule has 0 aliphatic rings. The number of aryl methyl sites for hydroxylation is 1. The van der Waals surface area contributed by atoms with Crippen LogP contribution in [0.5, 0.6) is 0 Å². The smallest absolute Gasteiger partial charge is 0.237 e. The molecule has 1 N–H and O–H groups in total. The summed E-state index contributed by atoms with van der Waals surface area (Å²) in [5.41, 5.74) is 0.166. The molecule has 0 saturated carbocycles. The fourth-order valence-electron chi connectivity index (χ4n) is 1.36. The lowest BCUT2D eigenvalue weighted by Gasteiger charge is -2.11. The van der Waals surface area contributed by atoms with Gasteiger partial charge in [-0.1, -0.05) is 39.0 Å². The maximum atomic E-state index is 13.6. The minimum atomic E-state index is -0.475. The van der Waals surface area contributed by atoms with Gasteiger partial charge in [0.2, 0.25) is 5.91 Å². The summed E-state index contributed by atoms with van der Waals surface area (Å²) in [5.74, 6) is -0.749. The highest BCUT2D eigenvalue weighted by molar-refractivity contribution is 9.10. The summed E-state index contributed by atoms with van der Waals surface area (Å²) in [4.78, 5) is 12.0. The largest absolute Gasteiger partial charge is 0.323 e. The monoisotopic (exact) mass is 375 g/mol. The zero-order valence-corrected chi connectivity index (χ0v) is 13.9. The first-order chi connectivity index (χ1) is 9.45. The van der Waals surface area contributed by atoms with Crippen LogP contribution >= 0.6 is 39.0 Å². The Balaban J connectivity index is 2.00. The number of aromatic nitrogens is 2. The molecule has 8 heteroatoms. The normalized spacial score (nSPS) is 12.2. The molecule has 0 radical (unpaired) electrons. The van der Waals surface area contributed by atoms with Crippen molar-refractivity contribution in [3.63, 3.8) is 0 Å². The summed E-state index contributed by atoms with van der Waals surface area (Å²) in [6, 6.07) is 4.50. The van der Waals surface area contributed by atoms with Gasteiger partial charge in [-0.3, -0.25) is 4.79 Å². The molecule has 1 atom stereocenters. The summed E-state index contributed by atoms with van der Waals surface area (Å²) in [6.45, 7) is 3.59. The number of benzene rings is 1. The molecular formula is C12H11BrFN3OS2. The molecule has 0 unspecified atom stereocenters. The number of amides is 1. The van der Waals surface area contributed by atoms with Crippen molar-refractivity contribution in [1.82, 2.24) is 10.2 Å². The van der Waals surface area contributed by atoms with Gasteiger partial charge in [0.15, 0.2) is 4.34 Å². The van der Waals surface area contributed by atoms with Crippen LogP contribution in [0.1, 0.15) is 11.9 Å². The molecule has 0 saturated heterocycles. The number of nitrogens with zero attached hydrogens (tertiary/aromatic N) is 2. The van der Waals surface area contributed by atoms with Gasteiger partial charge in [0.25, 0.3) is 0 Å². The predicted octanol–water partition coefficient (Wildman–Crippen LogP) is 3.87. The van der Waals surface area contributed by atoms with E-state index in [1.807, 2.05) is 6.92 Å². The molecule has 2 aromatic rings. The third-order valence-corrected chi connectivity index (χ3v) is 4.86. The van der Waals surface area contributed by atoms with Crippen LogP contribution in [-0.2, 0) is 4.79 Å². The highest BCUT2D eigenvalue weighted by Crippen LogP contribution is 2.27. The predicted molar refractivity (Wildman–Crippen MR) is 82.7 cm³/mol. The number of thioether (sulfide) groups is 1. The minimum absolute atomic E-state index is 0.166. The second-order valence-corrected chi connectivity index (χ2v) is 7.65. The lowest BCUT2D eigenvalue weighted by atomic mass is 10.3. The Kier molecular flexibility index (Phi) is 5.11. The first-order valence-electron chi connectivity index (χ1n) is 5.68. The average molecular weight is 376 g/mol. The molecular weight excluding hydrogens is 365 g/mol. The van der Waals surface area contributed by atoms with E-state index < -0.39 is 5.82 Å². The molecule has 4 nitrogen and oxygen atoms in total. The van der Waals surface area contributed by atoms with E-state index in [9.17, 15) is 9.18 Å². The number of nitrogens with one attached hydrogen (secondary N) is 1. The van der Waals surface area contributed by atoms with E-state index in [-0.39, 0.29) is 16.8 Å². The molecule has 20 heavy (non-hydrogen) atoms. The van der Waals surface area contributed by atoms with E-state index in [4.69, 9.17) is 0 Å². The molecule has 106 valence electrons. The molecule has 0 aliphatic heterocycles. The summed E-state index contributed by atoms with van der Waals surface area (Å²) in [5, 5.41) is 10.9. The molecule has 0 bridgehead atoms. The second kappa shape index (κ2) is 6.64. The van der Waals surface area contributed by atoms with Crippen molar-refractivity contribution in [3.05, 3.63) is 33.5 Å². The van der Waals surface area contributed by atoms with Crippen molar-refractivity contribution in [1.29, 1.82) is 0 Å². The van der Waals surface area contributed by atoms with Gasteiger partial charge >= 0.3 is 0 Å². The van der Waals surface area contributed by atoms with E-state index in [1.165, 1.54) is 35.2 Å². The summed E-state index contributed by atoms with van der Waals surface area (Å²) in [7, 11) is 0. The van der Waals surface area contributed by atoms with Crippen LogP contribution in [0.3, 0.4) is 0 Å². The summed E-state index contributed by atoms with van der Waals surface area (Å²) < 4.78 is 15.0. The molecule has 0 spiro atoms. The van der Waals surface area contributed by atoms with Gasteiger partial charge in [-0.2, -0.15) is 0 Å². The van der Waals surface area contributed by atoms with Crippen LogP contribution in [0.4, 0.5) is 10.1 Å². The standard InChI is InChI=1S/C12H11BrFN3OS2/c1-6(19-12-17-16-7(2)20-12)11(18)15-10-4-3-8(13)5-9(10)14/h3-6H,1-2H3,(H,15,18)/t6-/m1/s1. The molecule has 0 aliphatic carbocycles. The Labute approximate surface area is 132 Å². The first kappa shape index (κ1) is 15.4. The summed E-state index contributed by atoms with van der Waals surface area (Å²) >= 11 is 5.89. The third-order valence-electron chi connectivity index (χ3n) is 2.34. The number of hydrogen-bond donors (Lipinski definition) is 1. The van der Waals surface area contributed by atoms with E-state index in [2.05, 4.69) is 31.4 Å². The number of hydrogen-bond acceptors (Lipinski definition) is 5. The van der Waals surface area contributed by atoms with Crippen molar-refractivity contribution in [2.45, 2.75) is 23.4 Å². The maximum absolute atomic E-state index is 13.6. The van der Waals surface area contributed by atoms with E-state index in [0.29, 0.717) is 4.47 Å². The van der Waals surface area contributed by atoms with E-state index in [1.54, 1.807) is 13.0 Å². The number of halogens is 2. The van der Waals surface area contributed by atoms with Gasteiger partial charge in [-0.05, 0) is 32.0 Å². The molecule has 1 heterocycles. The first-order valence-corrected chi connectivity index (χ1v) is 8.17. The van der Waals surface area contributed by atoms with Crippen molar-refractivity contribution in [2.24, 2.45) is 0 Å². The van der Waals surface area contributed by atoms with Crippen LogP contribution in [-0.4, -0.2) is 21.4 Å². The quantitative estimate of drug-likeness (QED) is 0.824. The lowest BCUT2D eigenvalue weighted by molar-refractivity contribution is -0.115. The SMILES string of the molecule is Cc1nnc(S[C@H](C)C(=O)Nc2ccc(Br)cc2F)s1. The summed E-state index contributed by atoms with van der Waals surface area (Å²) in [6.07, 6.45) is 0. The Morgan fingerprint density at radius 2 is 2.25 bits per heavy atom. The van der Waals surface area contributed by atoms with Crippen molar-refractivity contribution in [3.8, 4) is 0 Å². The Morgan fingerprint density at radius 1 is 1.50 bits per heavy atom. The van der Waals surface area contributed by atoms with Gasteiger partial charge in [-0.25, -0.2) is 4.39 Å². The van der Waals surface area contributed by atoms with Gasteiger partial charge in [0.1, 0.15) is 10.8 Å². The number of carbonyl (C=O) groups is 1. The topological polar surface area (TPSA) is 54.9 Å². The zero-order chi connectivity index (χ0) is 14.7. The Morgan fingerprint density at radius 3 is 2.85 bits per heavy atom. The van der Waals surface area contributed by atoms with Gasteiger partial charge in [0, 0.05) is 4.47 Å². The lowest BCUT2D eigenvalue weighted by Crippen LogP contribution is -2.22. The van der Waals surface area contributed by atoms with Crippen LogP contribution in [0.2, 0.25) is 0 Å². The van der Waals surface area contributed by atoms with Crippen LogP contribution in [0, 0.1) is 12.7 Å². The molecule has 1 aromatic heterocycles. The minimum Gasteiger partial charge on any atom is -0.323 e. The fourth-order valence-corrected chi connectivity index (χ4v) is 3.65. The third kappa shape index (κ3) is 4.00. The molecule has 1 amide bonds. The number of anilines is 1. The van der Waals surface area contributed by atoms with E-state index in [0.717, 1.165) is 9.35 Å². The average Bonchev–Trinajstić information content (AvgIpc) is 2.78. The van der Waals surface area contributed by atoms with Gasteiger partial charge in [-0.15, -0.1) is 10.2 Å². The Bertz CT molecular complexity index is 635. The van der Waals surface area contributed by atoms with Crippen molar-refractivity contribution in [2.75, 3.05) is 5.32 Å². The maximum Gasteiger partial charge on any atom is 0.237 e. The zero-order valence-electron chi connectivity index (χ0n) is 10.7. The highest BCUT2D eigenvalue weighted by Gasteiger charge is 2.18. The number of carbonyl (C=O) groups excluding carboxylic acids is 1. The second-order valence-electron chi connectivity index (χ2n) is 3.96. The molecule has 2 rings (SSSR count). The molecule has 1 aromatic carbocycles.